The molecular formula is C21H21N3O5. The molecule has 0 spiro atoms. The number of nitrogens with zero attached hydrogens (tertiary/aromatic N) is 2. The molecule has 150 valence electrons. The number of amides is 2. The number of hydrogen-bond donors (Lipinski definition) is 1. The van der Waals surface area contributed by atoms with E-state index in [0.29, 0.717) is 29.2 Å². The van der Waals surface area contributed by atoms with Gasteiger partial charge in [0.05, 0.1) is 10.6 Å². The fourth-order valence-corrected chi connectivity index (χ4v) is 2.90. The maximum atomic E-state index is 12.2. The van der Waals surface area contributed by atoms with E-state index in [1.54, 1.807) is 41.3 Å². The van der Waals surface area contributed by atoms with Gasteiger partial charge in [-0.05, 0) is 48.4 Å². The highest BCUT2D eigenvalue weighted by Crippen LogP contribution is 2.34. The number of non-ortho nitro benzene ring substituents is 1. The van der Waals surface area contributed by atoms with E-state index in [-0.39, 0.29) is 24.1 Å². The van der Waals surface area contributed by atoms with E-state index < -0.39 is 4.92 Å². The number of hydrogen-bond acceptors (Lipinski definition) is 5. The highest BCUT2D eigenvalue weighted by Gasteiger charge is 2.25. The minimum Gasteiger partial charge on any atom is -0.482 e. The molecule has 0 unspecified atom stereocenters. The van der Waals surface area contributed by atoms with Crippen molar-refractivity contribution in [1.82, 2.24) is 0 Å². The third-order valence-electron chi connectivity index (χ3n) is 4.44. The Morgan fingerprint density at radius 2 is 2.03 bits per heavy atom. The molecular weight excluding hydrogens is 374 g/mol. The predicted octanol–water partition coefficient (Wildman–Crippen LogP) is 3.77. The van der Waals surface area contributed by atoms with Gasteiger partial charge in [-0.1, -0.05) is 13.3 Å². The molecule has 2 aromatic rings. The summed E-state index contributed by atoms with van der Waals surface area (Å²) in [5, 5.41) is 13.4. The summed E-state index contributed by atoms with van der Waals surface area (Å²) in [6.45, 7) is 2.67. The second-order valence-corrected chi connectivity index (χ2v) is 6.54. The first-order chi connectivity index (χ1) is 14.0. The molecule has 1 heterocycles. The second kappa shape index (κ2) is 9.01. The van der Waals surface area contributed by atoms with E-state index >= 15 is 0 Å². The molecule has 0 aromatic heterocycles. The third kappa shape index (κ3) is 4.98. The van der Waals surface area contributed by atoms with Gasteiger partial charge in [-0.15, -0.1) is 0 Å². The van der Waals surface area contributed by atoms with Crippen molar-refractivity contribution in [1.29, 1.82) is 0 Å². The molecule has 8 heteroatoms. The molecule has 0 bridgehead atoms. The summed E-state index contributed by atoms with van der Waals surface area (Å²) in [7, 11) is 0. The van der Waals surface area contributed by atoms with Crippen molar-refractivity contribution >= 4 is 35.0 Å². The normalized spacial score (nSPS) is 13.1. The Balaban J connectivity index is 1.70. The summed E-state index contributed by atoms with van der Waals surface area (Å²) in [5.74, 6) is 0.152. The SMILES string of the molecule is CCCCN1C(=O)COc2ccc(NC(=O)/C=C/c3ccc([N+](=O)[O-])cc3)cc21. The lowest BCUT2D eigenvalue weighted by Gasteiger charge is -2.29. The average molecular weight is 395 g/mol. The van der Waals surface area contributed by atoms with Crippen LogP contribution in [0.5, 0.6) is 5.75 Å². The number of rotatable bonds is 7. The molecule has 2 aromatic carbocycles. The van der Waals surface area contributed by atoms with Crippen molar-refractivity contribution in [2.45, 2.75) is 19.8 Å². The summed E-state index contributed by atoms with van der Waals surface area (Å²) in [6.07, 6.45) is 4.75. The lowest BCUT2D eigenvalue weighted by atomic mass is 10.1. The van der Waals surface area contributed by atoms with Gasteiger partial charge < -0.3 is 15.0 Å². The zero-order valence-corrected chi connectivity index (χ0v) is 16.0. The van der Waals surface area contributed by atoms with Crippen LogP contribution in [0.4, 0.5) is 17.1 Å². The van der Waals surface area contributed by atoms with Crippen LogP contribution in [-0.2, 0) is 9.59 Å². The molecule has 1 aliphatic rings. The van der Waals surface area contributed by atoms with Crippen molar-refractivity contribution in [3.63, 3.8) is 0 Å². The van der Waals surface area contributed by atoms with Crippen molar-refractivity contribution in [3.05, 3.63) is 64.2 Å². The summed E-state index contributed by atoms with van der Waals surface area (Å²) in [6, 6.07) is 11.1. The van der Waals surface area contributed by atoms with Crippen LogP contribution in [0.15, 0.2) is 48.5 Å². The van der Waals surface area contributed by atoms with Gasteiger partial charge in [-0.2, -0.15) is 0 Å². The Kier molecular flexibility index (Phi) is 6.23. The molecule has 29 heavy (non-hydrogen) atoms. The van der Waals surface area contributed by atoms with E-state index in [4.69, 9.17) is 4.74 Å². The highest BCUT2D eigenvalue weighted by atomic mass is 16.6. The molecule has 2 amide bonds. The van der Waals surface area contributed by atoms with Gasteiger partial charge in [0.2, 0.25) is 5.91 Å². The van der Waals surface area contributed by atoms with Crippen molar-refractivity contribution in [2.24, 2.45) is 0 Å². The Labute approximate surface area is 167 Å². The predicted molar refractivity (Wildman–Crippen MR) is 110 cm³/mol. The molecule has 8 nitrogen and oxygen atoms in total. The van der Waals surface area contributed by atoms with Gasteiger partial charge in [0.1, 0.15) is 5.75 Å². The molecule has 1 aliphatic heterocycles. The number of benzene rings is 2. The van der Waals surface area contributed by atoms with Crippen molar-refractivity contribution in [2.75, 3.05) is 23.4 Å². The number of ether oxygens (including phenoxy) is 1. The topological polar surface area (TPSA) is 102 Å². The summed E-state index contributed by atoms with van der Waals surface area (Å²) >= 11 is 0. The van der Waals surface area contributed by atoms with Gasteiger partial charge in [0, 0.05) is 30.4 Å². The molecule has 0 radical (unpaired) electrons. The first kappa shape index (κ1) is 20.1. The fraction of sp³-hybridized carbons (Fsp3) is 0.238. The quantitative estimate of drug-likeness (QED) is 0.437. The van der Waals surface area contributed by atoms with Crippen LogP contribution >= 0.6 is 0 Å². The third-order valence-corrected chi connectivity index (χ3v) is 4.44. The number of nitro groups is 1. The van der Waals surface area contributed by atoms with Gasteiger partial charge in [0.25, 0.3) is 11.6 Å². The molecule has 0 saturated heterocycles. The van der Waals surface area contributed by atoms with Crippen LogP contribution in [0, 0.1) is 10.1 Å². The standard InChI is InChI=1S/C21H21N3O5/c1-2-3-12-23-18-13-16(7-10-19(18)29-14-21(23)26)22-20(25)11-6-15-4-8-17(9-5-15)24(27)28/h4-11,13H,2-3,12,14H2,1H3,(H,22,25)/b11-6+. The monoisotopic (exact) mass is 395 g/mol. The number of nitrogens with one attached hydrogen (secondary N) is 1. The van der Waals surface area contributed by atoms with Crippen LogP contribution in [-0.4, -0.2) is 29.9 Å². The molecule has 0 saturated carbocycles. The van der Waals surface area contributed by atoms with E-state index in [1.807, 2.05) is 0 Å². The van der Waals surface area contributed by atoms with E-state index in [9.17, 15) is 19.7 Å². The van der Waals surface area contributed by atoms with Gasteiger partial charge in [0.15, 0.2) is 6.61 Å². The van der Waals surface area contributed by atoms with Crippen molar-refractivity contribution in [3.8, 4) is 5.75 Å². The van der Waals surface area contributed by atoms with Gasteiger partial charge in [-0.3, -0.25) is 19.7 Å². The number of carbonyl (C=O) groups excluding carboxylic acids is 2. The largest absolute Gasteiger partial charge is 0.482 e. The van der Waals surface area contributed by atoms with E-state index in [1.165, 1.54) is 18.2 Å². The van der Waals surface area contributed by atoms with Crippen LogP contribution in [0.1, 0.15) is 25.3 Å². The summed E-state index contributed by atoms with van der Waals surface area (Å²) < 4.78 is 5.47. The first-order valence-electron chi connectivity index (χ1n) is 9.28. The number of unbranched alkanes of at least 4 members (excludes halogenated alkanes) is 1. The average Bonchev–Trinajstić information content (AvgIpc) is 2.72. The zero-order valence-electron chi connectivity index (χ0n) is 16.0. The van der Waals surface area contributed by atoms with E-state index in [2.05, 4.69) is 12.2 Å². The first-order valence-corrected chi connectivity index (χ1v) is 9.28. The number of fused-ring (bicyclic) bond motifs is 1. The van der Waals surface area contributed by atoms with Crippen LogP contribution < -0.4 is 15.0 Å². The molecule has 1 N–H and O–H groups in total. The Morgan fingerprint density at radius 1 is 1.28 bits per heavy atom. The smallest absolute Gasteiger partial charge is 0.269 e. The van der Waals surface area contributed by atoms with Crippen LogP contribution in [0.2, 0.25) is 0 Å². The second-order valence-electron chi connectivity index (χ2n) is 6.54. The zero-order chi connectivity index (χ0) is 20.8. The molecule has 0 aliphatic carbocycles. The maximum absolute atomic E-state index is 12.2. The fourth-order valence-electron chi connectivity index (χ4n) is 2.90. The number of nitro benzene ring substituents is 1. The van der Waals surface area contributed by atoms with Crippen LogP contribution in [0.25, 0.3) is 6.08 Å². The highest BCUT2D eigenvalue weighted by molar-refractivity contribution is 6.03. The number of anilines is 2. The van der Waals surface area contributed by atoms with Crippen molar-refractivity contribution < 1.29 is 19.2 Å². The summed E-state index contributed by atoms with van der Waals surface area (Å²) in [5.41, 5.74) is 1.85. The molecule has 3 rings (SSSR count). The lowest BCUT2D eigenvalue weighted by molar-refractivity contribution is -0.384. The van der Waals surface area contributed by atoms with Gasteiger partial charge >= 0.3 is 0 Å². The van der Waals surface area contributed by atoms with Crippen LogP contribution in [0.3, 0.4) is 0 Å². The minimum absolute atomic E-state index is 0.00921. The Hall–Kier alpha value is -3.68. The molecule has 0 fully saturated rings. The maximum Gasteiger partial charge on any atom is 0.269 e. The minimum atomic E-state index is -0.478. The van der Waals surface area contributed by atoms with E-state index in [0.717, 1.165) is 12.8 Å². The number of carbonyl (C=O) groups is 2. The molecule has 0 atom stereocenters. The lowest BCUT2D eigenvalue weighted by Crippen LogP contribution is -2.39. The summed E-state index contributed by atoms with van der Waals surface area (Å²) in [4.78, 5) is 36.3. The van der Waals surface area contributed by atoms with Gasteiger partial charge in [-0.25, -0.2) is 0 Å². The Bertz CT molecular complexity index is 953. The Morgan fingerprint density at radius 3 is 2.72 bits per heavy atom.